The van der Waals surface area contributed by atoms with E-state index in [2.05, 4.69) is 10.4 Å². The lowest BCUT2D eigenvalue weighted by molar-refractivity contribution is 0.445. The molecule has 0 atom stereocenters. The summed E-state index contributed by atoms with van der Waals surface area (Å²) in [5, 5.41) is 0. The molecule has 0 aromatic carbocycles. The van der Waals surface area contributed by atoms with Crippen LogP contribution in [0.3, 0.4) is 0 Å². The molecule has 6 nitrogen and oxygen atoms in total. The molecule has 0 radical (unpaired) electrons. The Bertz CT molecular complexity index is 443. The van der Waals surface area contributed by atoms with Gasteiger partial charge in [0.2, 0.25) is 10.0 Å². The zero-order chi connectivity index (χ0) is 12.2. The average molecular weight is 244 g/mol. The number of nitrogens with zero attached hydrogens (tertiary/aromatic N) is 2. The summed E-state index contributed by atoms with van der Waals surface area (Å²) in [5.74, 6) is 5.40. The Morgan fingerprint density at radius 2 is 2.06 bits per heavy atom. The quantitative estimate of drug-likeness (QED) is 0.578. The number of hydrazine groups is 1. The van der Waals surface area contributed by atoms with Crippen LogP contribution in [0.4, 0.5) is 5.82 Å². The molecule has 1 heterocycles. The minimum absolute atomic E-state index is 0.0983. The largest absolute Gasteiger partial charge is 0.307 e. The Morgan fingerprint density at radius 3 is 2.56 bits per heavy atom. The molecule has 0 aliphatic carbocycles. The predicted molar refractivity (Wildman–Crippen MR) is 62.2 cm³/mol. The van der Waals surface area contributed by atoms with E-state index in [1.165, 1.54) is 16.6 Å². The van der Waals surface area contributed by atoms with Gasteiger partial charge in [-0.2, -0.15) is 4.31 Å². The van der Waals surface area contributed by atoms with Crippen molar-refractivity contribution in [3.05, 3.63) is 18.3 Å². The van der Waals surface area contributed by atoms with Crippen molar-refractivity contribution in [1.29, 1.82) is 0 Å². The van der Waals surface area contributed by atoms with Crippen molar-refractivity contribution in [2.45, 2.75) is 18.7 Å². The summed E-state index contributed by atoms with van der Waals surface area (Å²) in [4.78, 5) is 3.97. The predicted octanol–water partition coefficient (Wildman–Crippen LogP) is 0.398. The number of anilines is 1. The second kappa shape index (κ2) is 5.24. The van der Waals surface area contributed by atoms with Crippen LogP contribution in [0.5, 0.6) is 0 Å². The van der Waals surface area contributed by atoms with Gasteiger partial charge in [-0.25, -0.2) is 19.2 Å². The van der Waals surface area contributed by atoms with Gasteiger partial charge in [0.15, 0.2) is 5.82 Å². The zero-order valence-corrected chi connectivity index (χ0v) is 10.2. The van der Waals surface area contributed by atoms with E-state index in [9.17, 15) is 8.42 Å². The van der Waals surface area contributed by atoms with E-state index >= 15 is 0 Å². The Hall–Kier alpha value is -1.18. The van der Waals surface area contributed by atoms with Crippen LogP contribution in [0.1, 0.15) is 13.8 Å². The first-order valence-electron chi connectivity index (χ1n) is 4.99. The maximum Gasteiger partial charge on any atom is 0.246 e. The topological polar surface area (TPSA) is 88.3 Å². The van der Waals surface area contributed by atoms with Gasteiger partial charge in [-0.3, -0.25) is 0 Å². The lowest BCUT2D eigenvalue weighted by Gasteiger charge is -2.19. The lowest BCUT2D eigenvalue weighted by Crippen LogP contribution is -2.31. The van der Waals surface area contributed by atoms with Crippen LogP contribution >= 0.6 is 0 Å². The van der Waals surface area contributed by atoms with Crippen LogP contribution < -0.4 is 11.3 Å². The summed E-state index contributed by atoms with van der Waals surface area (Å²) in [6.45, 7) is 4.40. The first kappa shape index (κ1) is 12.9. The highest BCUT2D eigenvalue weighted by Crippen LogP contribution is 2.21. The van der Waals surface area contributed by atoms with Crippen molar-refractivity contribution in [3.63, 3.8) is 0 Å². The maximum absolute atomic E-state index is 12.2. The number of sulfonamides is 1. The molecular weight excluding hydrogens is 228 g/mol. The summed E-state index contributed by atoms with van der Waals surface area (Å²) in [6, 6.07) is 3.05. The van der Waals surface area contributed by atoms with Gasteiger partial charge < -0.3 is 5.43 Å². The second-order valence-corrected chi connectivity index (χ2v) is 4.99. The van der Waals surface area contributed by atoms with Crippen LogP contribution in [-0.4, -0.2) is 30.8 Å². The first-order chi connectivity index (χ1) is 7.57. The molecular formula is C9H16N4O2S. The van der Waals surface area contributed by atoms with Crippen molar-refractivity contribution in [2.75, 3.05) is 18.5 Å². The van der Waals surface area contributed by atoms with Gasteiger partial charge >= 0.3 is 0 Å². The Morgan fingerprint density at radius 1 is 1.44 bits per heavy atom. The fraction of sp³-hybridized carbons (Fsp3) is 0.444. The van der Waals surface area contributed by atoms with Gasteiger partial charge in [-0.15, -0.1) is 0 Å². The summed E-state index contributed by atoms with van der Waals surface area (Å²) >= 11 is 0. The second-order valence-electron chi connectivity index (χ2n) is 3.08. The molecule has 0 aliphatic heterocycles. The van der Waals surface area contributed by atoms with Crippen LogP contribution in [0, 0.1) is 0 Å². The lowest BCUT2D eigenvalue weighted by atomic mass is 10.5. The highest BCUT2D eigenvalue weighted by Gasteiger charge is 2.24. The molecule has 0 amide bonds. The third-order valence-electron chi connectivity index (χ3n) is 2.23. The molecule has 0 bridgehead atoms. The number of hydrogen-bond acceptors (Lipinski definition) is 5. The summed E-state index contributed by atoms with van der Waals surface area (Å²) in [6.07, 6.45) is 1.48. The number of nitrogens with two attached hydrogens (primary N) is 1. The molecule has 1 rings (SSSR count). The number of nitrogen functional groups attached to an aromatic ring is 1. The Balaban J connectivity index is 3.26. The summed E-state index contributed by atoms with van der Waals surface area (Å²) in [7, 11) is -3.52. The van der Waals surface area contributed by atoms with Gasteiger partial charge in [0.05, 0.1) is 0 Å². The normalized spacial score (nSPS) is 11.8. The van der Waals surface area contributed by atoms with Crippen molar-refractivity contribution < 1.29 is 8.42 Å². The highest BCUT2D eigenvalue weighted by atomic mass is 32.2. The molecule has 0 aliphatic rings. The molecule has 0 saturated heterocycles. The fourth-order valence-corrected chi connectivity index (χ4v) is 2.97. The third kappa shape index (κ3) is 2.31. The molecule has 7 heteroatoms. The number of rotatable bonds is 5. The Kier molecular flexibility index (Phi) is 4.22. The van der Waals surface area contributed by atoms with E-state index in [0.29, 0.717) is 13.1 Å². The van der Waals surface area contributed by atoms with Gasteiger partial charge in [0, 0.05) is 19.3 Å². The number of hydrogen-bond donors (Lipinski definition) is 2. The van der Waals surface area contributed by atoms with Crippen molar-refractivity contribution >= 4 is 15.8 Å². The number of nitrogens with one attached hydrogen (secondary N) is 1. The van der Waals surface area contributed by atoms with Gasteiger partial charge in [-0.05, 0) is 12.1 Å². The third-order valence-corrected chi connectivity index (χ3v) is 4.31. The van der Waals surface area contributed by atoms with Crippen LogP contribution in [0.25, 0.3) is 0 Å². The van der Waals surface area contributed by atoms with Crippen molar-refractivity contribution in [3.8, 4) is 0 Å². The monoisotopic (exact) mass is 244 g/mol. The number of pyridine rings is 1. The highest BCUT2D eigenvalue weighted by molar-refractivity contribution is 7.89. The average Bonchev–Trinajstić information content (AvgIpc) is 2.30. The minimum Gasteiger partial charge on any atom is -0.307 e. The summed E-state index contributed by atoms with van der Waals surface area (Å²) in [5.41, 5.74) is 2.29. The zero-order valence-electron chi connectivity index (χ0n) is 9.34. The fourth-order valence-electron chi connectivity index (χ4n) is 1.41. The van der Waals surface area contributed by atoms with Gasteiger partial charge in [-0.1, -0.05) is 13.8 Å². The molecule has 16 heavy (non-hydrogen) atoms. The van der Waals surface area contributed by atoms with Crippen LogP contribution in [0.2, 0.25) is 0 Å². The molecule has 1 aromatic rings. The van der Waals surface area contributed by atoms with E-state index < -0.39 is 10.0 Å². The minimum atomic E-state index is -3.52. The van der Waals surface area contributed by atoms with Crippen LogP contribution in [0.15, 0.2) is 23.2 Å². The maximum atomic E-state index is 12.2. The van der Waals surface area contributed by atoms with E-state index in [1.54, 1.807) is 19.9 Å². The summed E-state index contributed by atoms with van der Waals surface area (Å²) < 4.78 is 25.7. The van der Waals surface area contributed by atoms with Gasteiger partial charge in [0.1, 0.15) is 4.90 Å². The van der Waals surface area contributed by atoms with E-state index in [-0.39, 0.29) is 10.7 Å². The van der Waals surface area contributed by atoms with Crippen LogP contribution in [-0.2, 0) is 10.0 Å². The Labute approximate surface area is 95.5 Å². The van der Waals surface area contributed by atoms with Crippen molar-refractivity contribution in [1.82, 2.24) is 9.29 Å². The molecule has 90 valence electrons. The molecule has 0 saturated carbocycles. The molecule has 0 spiro atoms. The molecule has 1 aromatic heterocycles. The van der Waals surface area contributed by atoms with E-state index in [0.717, 1.165) is 0 Å². The van der Waals surface area contributed by atoms with E-state index in [4.69, 9.17) is 5.84 Å². The molecule has 0 unspecified atom stereocenters. The van der Waals surface area contributed by atoms with Crippen molar-refractivity contribution in [2.24, 2.45) is 5.84 Å². The first-order valence-corrected chi connectivity index (χ1v) is 6.43. The number of aromatic nitrogens is 1. The standard InChI is InChI=1S/C9H16N4O2S/c1-3-13(4-2)16(14,15)8-6-5-7-11-9(8)12-10/h5-7H,3-4,10H2,1-2H3,(H,11,12). The smallest absolute Gasteiger partial charge is 0.246 e. The molecule has 3 N–H and O–H groups in total. The van der Waals surface area contributed by atoms with E-state index in [1.807, 2.05) is 0 Å². The van der Waals surface area contributed by atoms with Gasteiger partial charge in [0.25, 0.3) is 0 Å². The molecule has 0 fully saturated rings. The SMILES string of the molecule is CCN(CC)S(=O)(=O)c1cccnc1NN.